The van der Waals surface area contributed by atoms with Crippen LogP contribution in [0.15, 0.2) is 36.4 Å². The van der Waals surface area contributed by atoms with Crippen molar-refractivity contribution in [3.8, 4) is 0 Å². The molecule has 0 bridgehead atoms. The van der Waals surface area contributed by atoms with Gasteiger partial charge in [0.05, 0.1) is 5.56 Å². The highest BCUT2D eigenvalue weighted by atomic mass is 19.1. The first-order chi connectivity index (χ1) is 10.0. The summed E-state index contributed by atoms with van der Waals surface area (Å²) in [5.74, 6) is -2.12. The lowest BCUT2D eigenvalue weighted by atomic mass is 10.1. The van der Waals surface area contributed by atoms with E-state index in [1.807, 2.05) is 4.90 Å². The van der Waals surface area contributed by atoms with E-state index in [1.165, 1.54) is 12.1 Å². The topological polar surface area (TPSA) is 40.5 Å². The van der Waals surface area contributed by atoms with Gasteiger partial charge >= 0.3 is 5.97 Å². The second-order valence-electron chi connectivity index (χ2n) is 5.06. The Morgan fingerprint density at radius 3 is 2.71 bits per heavy atom. The molecule has 0 spiro atoms. The van der Waals surface area contributed by atoms with Crippen LogP contribution in [0, 0.1) is 11.6 Å². The Bertz CT molecular complexity index is 715. The molecule has 1 aliphatic heterocycles. The number of anilines is 1. The smallest absolute Gasteiger partial charge is 0.335 e. The van der Waals surface area contributed by atoms with Gasteiger partial charge in [-0.05, 0) is 36.2 Å². The lowest BCUT2D eigenvalue weighted by Gasteiger charge is -2.20. The Labute approximate surface area is 120 Å². The number of hydrogen-bond donors (Lipinski definition) is 1. The molecule has 3 rings (SSSR count). The van der Waals surface area contributed by atoms with Gasteiger partial charge in [0.25, 0.3) is 0 Å². The lowest BCUT2D eigenvalue weighted by Crippen LogP contribution is -2.20. The molecule has 0 radical (unpaired) electrons. The third-order valence-corrected chi connectivity index (χ3v) is 3.69. The van der Waals surface area contributed by atoms with Gasteiger partial charge in [-0.15, -0.1) is 0 Å². The van der Waals surface area contributed by atoms with Crippen LogP contribution in [-0.4, -0.2) is 17.6 Å². The van der Waals surface area contributed by atoms with Crippen molar-refractivity contribution in [2.45, 2.75) is 13.0 Å². The number of carbonyl (C=O) groups is 1. The highest BCUT2D eigenvalue weighted by Gasteiger charge is 2.21. The predicted octanol–water partition coefficient (Wildman–Crippen LogP) is 3.23. The Kier molecular flexibility index (Phi) is 3.33. The second kappa shape index (κ2) is 5.16. The van der Waals surface area contributed by atoms with Gasteiger partial charge in [-0.1, -0.05) is 6.07 Å². The summed E-state index contributed by atoms with van der Waals surface area (Å²) in [5, 5.41) is 8.98. The first-order valence-electron chi connectivity index (χ1n) is 6.59. The fraction of sp³-hybridized carbons (Fsp3) is 0.188. The molecule has 21 heavy (non-hydrogen) atoms. The molecule has 0 saturated heterocycles. The number of benzene rings is 2. The molecule has 0 amide bonds. The van der Waals surface area contributed by atoms with Crippen molar-refractivity contribution in [2.75, 3.05) is 11.4 Å². The molecule has 2 aromatic rings. The van der Waals surface area contributed by atoms with E-state index in [9.17, 15) is 13.6 Å². The van der Waals surface area contributed by atoms with Gasteiger partial charge in [0.15, 0.2) is 0 Å². The van der Waals surface area contributed by atoms with Crippen LogP contribution in [0.2, 0.25) is 0 Å². The van der Waals surface area contributed by atoms with E-state index in [0.717, 1.165) is 23.7 Å². The zero-order chi connectivity index (χ0) is 15.0. The minimum Gasteiger partial charge on any atom is -0.478 e. The SMILES string of the molecule is O=C(O)c1ccc2c(c1)CCN2Cc1ccc(F)cc1F. The molecule has 0 fully saturated rings. The maximum Gasteiger partial charge on any atom is 0.335 e. The summed E-state index contributed by atoms with van der Waals surface area (Å²) in [7, 11) is 0. The molecule has 0 atom stereocenters. The van der Waals surface area contributed by atoms with E-state index in [2.05, 4.69) is 0 Å². The molecule has 1 heterocycles. The lowest BCUT2D eigenvalue weighted by molar-refractivity contribution is 0.0697. The summed E-state index contributed by atoms with van der Waals surface area (Å²) < 4.78 is 26.6. The number of aromatic carboxylic acids is 1. The van der Waals surface area contributed by atoms with Crippen molar-refractivity contribution in [1.82, 2.24) is 0 Å². The fourth-order valence-electron chi connectivity index (χ4n) is 2.62. The third kappa shape index (κ3) is 2.59. The average Bonchev–Trinajstić information content (AvgIpc) is 2.84. The minimum atomic E-state index is -0.958. The summed E-state index contributed by atoms with van der Waals surface area (Å²) in [6.45, 7) is 1.03. The second-order valence-corrected chi connectivity index (χ2v) is 5.06. The number of nitrogens with zero attached hydrogens (tertiary/aromatic N) is 1. The van der Waals surface area contributed by atoms with Crippen molar-refractivity contribution in [1.29, 1.82) is 0 Å². The van der Waals surface area contributed by atoms with Crippen LogP contribution >= 0.6 is 0 Å². The highest BCUT2D eigenvalue weighted by Crippen LogP contribution is 2.30. The Balaban J connectivity index is 1.86. The molecular formula is C16H13F2NO2. The van der Waals surface area contributed by atoms with Gasteiger partial charge in [-0.3, -0.25) is 0 Å². The largest absolute Gasteiger partial charge is 0.478 e. The molecule has 0 unspecified atom stereocenters. The summed E-state index contributed by atoms with van der Waals surface area (Å²) in [6, 6.07) is 8.49. The number of fused-ring (bicyclic) bond motifs is 1. The number of halogens is 2. The number of rotatable bonds is 3. The van der Waals surface area contributed by atoms with Gasteiger partial charge < -0.3 is 10.0 Å². The summed E-state index contributed by atoms with van der Waals surface area (Å²) in [5.41, 5.74) is 2.52. The van der Waals surface area contributed by atoms with Crippen LogP contribution in [0.1, 0.15) is 21.5 Å². The normalized spacial score (nSPS) is 13.3. The molecule has 1 N–H and O–H groups in total. The Morgan fingerprint density at radius 2 is 2.00 bits per heavy atom. The van der Waals surface area contributed by atoms with E-state index < -0.39 is 17.6 Å². The summed E-state index contributed by atoms with van der Waals surface area (Å²) in [6.07, 6.45) is 0.721. The zero-order valence-electron chi connectivity index (χ0n) is 11.1. The van der Waals surface area contributed by atoms with Gasteiger partial charge in [0, 0.05) is 30.4 Å². The van der Waals surface area contributed by atoms with Crippen LogP contribution in [0.5, 0.6) is 0 Å². The van der Waals surface area contributed by atoms with Crippen LogP contribution in [0.4, 0.5) is 14.5 Å². The molecule has 0 aliphatic carbocycles. The van der Waals surface area contributed by atoms with E-state index in [-0.39, 0.29) is 5.56 Å². The quantitative estimate of drug-likeness (QED) is 0.943. The molecule has 2 aromatic carbocycles. The zero-order valence-corrected chi connectivity index (χ0v) is 11.1. The van der Waals surface area contributed by atoms with Gasteiger partial charge in [0.2, 0.25) is 0 Å². The van der Waals surface area contributed by atoms with Crippen molar-refractivity contribution < 1.29 is 18.7 Å². The van der Waals surface area contributed by atoms with E-state index >= 15 is 0 Å². The van der Waals surface area contributed by atoms with Gasteiger partial charge in [-0.25, -0.2) is 13.6 Å². The highest BCUT2D eigenvalue weighted by molar-refractivity contribution is 5.88. The predicted molar refractivity (Wildman–Crippen MR) is 74.5 cm³/mol. The Morgan fingerprint density at radius 1 is 1.19 bits per heavy atom. The maximum atomic E-state index is 13.7. The standard InChI is InChI=1S/C16H13F2NO2/c17-13-3-1-12(14(18)8-13)9-19-6-5-10-7-11(16(20)21)2-4-15(10)19/h1-4,7-8H,5-6,9H2,(H,20,21). The molecule has 108 valence electrons. The van der Waals surface area contributed by atoms with Gasteiger partial charge in [-0.2, -0.15) is 0 Å². The van der Waals surface area contributed by atoms with E-state index in [1.54, 1.807) is 18.2 Å². The minimum absolute atomic E-state index is 0.253. The molecule has 0 aromatic heterocycles. The van der Waals surface area contributed by atoms with Crippen molar-refractivity contribution in [2.24, 2.45) is 0 Å². The maximum absolute atomic E-state index is 13.7. The first-order valence-corrected chi connectivity index (χ1v) is 6.59. The van der Waals surface area contributed by atoms with E-state index in [0.29, 0.717) is 18.7 Å². The van der Waals surface area contributed by atoms with Crippen LogP contribution < -0.4 is 4.90 Å². The molecule has 0 saturated carbocycles. The molecule has 5 heteroatoms. The average molecular weight is 289 g/mol. The van der Waals surface area contributed by atoms with Crippen molar-refractivity contribution in [3.05, 3.63) is 64.7 Å². The van der Waals surface area contributed by atoms with E-state index in [4.69, 9.17) is 5.11 Å². The van der Waals surface area contributed by atoms with Crippen LogP contribution in [-0.2, 0) is 13.0 Å². The summed E-state index contributed by atoms with van der Waals surface area (Å²) >= 11 is 0. The summed E-state index contributed by atoms with van der Waals surface area (Å²) in [4.78, 5) is 12.9. The number of hydrogen-bond acceptors (Lipinski definition) is 2. The van der Waals surface area contributed by atoms with Crippen molar-refractivity contribution in [3.63, 3.8) is 0 Å². The first kappa shape index (κ1) is 13.5. The number of carboxylic acids is 1. The molecule has 3 nitrogen and oxygen atoms in total. The fourth-order valence-corrected chi connectivity index (χ4v) is 2.62. The van der Waals surface area contributed by atoms with Gasteiger partial charge in [0.1, 0.15) is 11.6 Å². The molecule has 1 aliphatic rings. The molecular weight excluding hydrogens is 276 g/mol. The van der Waals surface area contributed by atoms with Crippen LogP contribution in [0.3, 0.4) is 0 Å². The number of carboxylic acid groups (broad SMARTS) is 1. The monoisotopic (exact) mass is 289 g/mol. The Hall–Kier alpha value is -2.43. The van der Waals surface area contributed by atoms with Crippen molar-refractivity contribution >= 4 is 11.7 Å². The third-order valence-electron chi connectivity index (χ3n) is 3.69. The van der Waals surface area contributed by atoms with Crippen LogP contribution in [0.25, 0.3) is 0 Å².